The molecule has 0 aliphatic carbocycles. The second kappa shape index (κ2) is 9.67. The minimum Gasteiger partial charge on any atom is -0.484 e. The van der Waals surface area contributed by atoms with Gasteiger partial charge in [-0.05, 0) is 55.8 Å². The Balaban J connectivity index is 1.99. The van der Waals surface area contributed by atoms with Crippen LogP contribution in [-0.2, 0) is 21.0 Å². The summed E-state index contributed by atoms with van der Waals surface area (Å²) in [5, 5.41) is 2.20. The molecule has 2 N–H and O–H groups in total. The Morgan fingerprint density at radius 3 is 2.37 bits per heavy atom. The normalized spacial score (nSPS) is 13.0. The fourth-order valence-electron chi connectivity index (χ4n) is 2.26. The summed E-state index contributed by atoms with van der Waals surface area (Å²) < 4.78 is 70.5. The molecule has 0 spiro atoms. The maximum Gasteiger partial charge on any atom is 0.416 e. The second-order valence-corrected chi connectivity index (χ2v) is 8.55. The van der Waals surface area contributed by atoms with Crippen molar-refractivity contribution in [2.45, 2.75) is 37.4 Å². The molecule has 0 saturated carbocycles. The summed E-state index contributed by atoms with van der Waals surface area (Å²) in [6.45, 7) is 3.08. The van der Waals surface area contributed by atoms with Gasteiger partial charge in [0.2, 0.25) is 10.0 Å². The number of amides is 1. The van der Waals surface area contributed by atoms with Crippen molar-refractivity contribution in [1.29, 1.82) is 0 Å². The lowest BCUT2D eigenvalue weighted by molar-refractivity contribution is -0.137. The van der Waals surface area contributed by atoms with Gasteiger partial charge in [0, 0.05) is 6.04 Å². The van der Waals surface area contributed by atoms with Gasteiger partial charge in [-0.2, -0.15) is 13.2 Å². The van der Waals surface area contributed by atoms with E-state index in [1.807, 2.05) is 6.92 Å². The third-order valence-corrected chi connectivity index (χ3v) is 5.98. The summed E-state index contributed by atoms with van der Waals surface area (Å²) >= 11 is 5.83. The van der Waals surface area contributed by atoms with Crippen LogP contribution >= 0.6 is 11.6 Å². The summed E-state index contributed by atoms with van der Waals surface area (Å²) in [6.07, 6.45) is -3.95. The third-order valence-electron chi connectivity index (χ3n) is 4.04. The maximum absolute atomic E-state index is 12.8. The number of carbonyl (C=O) groups is 1. The highest BCUT2D eigenvalue weighted by Crippen LogP contribution is 2.33. The van der Waals surface area contributed by atoms with Crippen LogP contribution in [0.15, 0.2) is 47.4 Å². The van der Waals surface area contributed by atoms with E-state index >= 15 is 0 Å². The molecule has 0 aliphatic rings. The molecule has 2 aromatic carbocycles. The number of sulfonamides is 1. The van der Waals surface area contributed by atoms with Crippen molar-refractivity contribution in [2.75, 3.05) is 11.9 Å². The van der Waals surface area contributed by atoms with Crippen molar-refractivity contribution in [3.8, 4) is 5.75 Å². The number of anilines is 1. The molecular weight excluding hydrogens is 445 g/mol. The van der Waals surface area contributed by atoms with E-state index in [2.05, 4.69) is 10.0 Å². The largest absolute Gasteiger partial charge is 0.484 e. The van der Waals surface area contributed by atoms with Crippen LogP contribution in [0.1, 0.15) is 25.8 Å². The van der Waals surface area contributed by atoms with Gasteiger partial charge in [-0.15, -0.1) is 0 Å². The Labute approximate surface area is 177 Å². The zero-order valence-electron chi connectivity index (χ0n) is 16.1. The molecule has 0 aliphatic heterocycles. The molecule has 11 heteroatoms. The van der Waals surface area contributed by atoms with Crippen molar-refractivity contribution >= 4 is 33.2 Å². The third kappa shape index (κ3) is 6.61. The van der Waals surface area contributed by atoms with Crippen molar-refractivity contribution < 1.29 is 31.1 Å². The van der Waals surface area contributed by atoms with Crippen molar-refractivity contribution in [2.24, 2.45) is 0 Å². The Bertz CT molecular complexity index is 996. The molecule has 6 nitrogen and oxygen atoms in total. The Kier molecular flexibility index (Phi) is 7.73. The molecule has 0 heterocycles. The first-order chi connectivity index (χ1) is 13.9. The van der Waals surface area contributed by atoms with Gasteiger partial charge in [0.15, 0.2) is 6.61 Å². The predicted octanol–water partition coefficient (Wildman–Crippen LogP) is 4.45. The van der Waals surface area contributed by atoms with Crippen molar-refractivity contribution in [1.82, 2.24) is 4.72 Å². The lowest BCUT2D eigenvalue weighted by Gasteiger charge is -2.13. The lowest BCUT2D eigenvalue weighted by atomic mass is 10.2. The van der Waals surface area contributed by atoms with E-state index in [0.29, 0.717) is 6.42 Å². The Hall–Kier alpha value is -2.30. The Morgan fingerprint density at radius 1 is 1.17 bits per heavy atom. The predicted molar refractivity (Wildman–Crippen MR) is 107 cm³/mol. The zero-order chi connectivity index (χ0) is 22.5. The zero-order valence-corrected chi connectivity index (χ0v) is 17.7. The maximum atomic E-state index is 12.8. The van der Waals surface area contributed by atoms with Crippen LogP contribution in [0.5, 0.6) is 5.75 Å². The van der Waals surface area contributed by atoms with Gasteiger partial charge < -0.3 is 10.1 Å². The van der Waals surface area contributed by atoms with E-state index in [9.17, 15) is 26.4 Å². The number of hydrogen-bond donors (Lipinski definition) is 2. The van der Waals surface area contributed by atoms with Gasteiger partial charge in [-0.1, -0.05) is 18.5 Å². The molecular formula is C19H20ClF3N2O4S. The van der Waals surface area contributed by atoms with Gasteiger partial charge in [0.25, 0.3) is 5.91 Å². The highest BCUT2D eigenvalue weighted by atomic mass is 35.5. The Morgan fingerprint density at radius 2 is 1.80 bits per heavy atom. The number of hydrogen-bond acceptors (Lipinski definition) is 4. The van der Waals surface area contributed by atoms with Crippen molar-refractivity contribution in [3.05, 3.63) is 53.1 Å². The minimum absolute atomic E-state index is 0.0374. The monoisotopic (exact) mass is 464 g/mol. The van der Waals surface area contributed by atoms with Gasteiger partial charge >= 0.3 is 6.18 Å². The molecule has 2 rings (SSSR count). The number of carbonyl (C=O) groups excluding carboxylic acids is 1. The molecule has 1 unspecified atom stereocenters. The lowest BCUT2D eigenvalue weighted by Crippen LogP contribution is -2.31. The van der Waals surface area contributed by atoms with Crippen LogP contribution in [0.4, 0.5) is 18.9 Å². The fourth-order valence-corrected chi connectivity index (χ4v) is 3.76. The molecule has 1 atom stereocenters. The molecule has 164 valence electrons. The van der Waals surface area contributed by atoms with E-state index < -0.39 is 34.3 Å². The van der Waals surface area contributed by atoms with Crippen molar-refractivity contribution in [3.63, 3.8) is 0 Å². The minimum atomic E-state index is -4.58. The standard InChI is InChI=1S/C19H20ClF3N2O4S/c1-3-12(2)25-30(27,28)15-7-5-14(6-8-15)29-11-18(26)24-17-10-13(19(21,22)23)4-9-16(17)20/h4-10,12,25H,3,11H2,1-2H3,(H,24,26). The molecule has 0 bridgehead atoms. The average Bonchev–Trinajstić information content (AvgIpc) is 2.67. The first kappa shape index (κ1) is 24.0. The van der Waals surface area contributed by atoms with Gasteiger partial charge in [-0.3, -0.25) is 4.79 Å². The summed E-state index contributed by atoms with van der Waals surface area (Å²) in [4.78, 5) is 12.0. The van der Waals surface area contributed by atoms with E-state index in [-0.39, 0.29) is 27.4 Å². The molecule has 2 aromatic rings. The first-order valence-corrected chi connectivity index (χ1v) is 10.7. The molecule has 0 aromatic heterocycles. The van der Waals surface area contributed by atoms with Gasteiger partial charge in [-0.25, -0.2) is 13.1 Å². The quantitative estimate of drug-likeness (QED) is 0.604. The summed E-state index contributed by atoms with van der Waals surface area (Å²) in [7, 11) is -3.67. The number of nitrogens with one attached hydrogen (secondary N) is 2. The molecule has 30 heavy (non-hydrogen) atoms. The average molecular weight is 465 g/mol. The van der Waals surface area contributed by atoms with Crippen LogP contribution in [-0.4, -0.2) is 27.0 Å². The molecule has 0 radical (unpaired) electrons. The van der Waals surface area contributed by atoms with Crippen LogP contribution in [0.25, 0.3) is 0 Å². The molecule has 0 fully saturated rings. The van der Waals surface area contributed by atoms with E-state index in [1.54, 1.807) is 6.92 Å². The number of rotatable bonds is 8. The van der Waals surface area contributed by atoms with E-state index in [4.69, 9.17) is 16.3 Å². The number of alkyl halides is 3. The SMILES string of the molecule is CCC(C)NS(=O)(=O)c1ccc(OCC(=O)Nc2cc(C(F)(F)F)ccc2Cl)cc1. The fraction of sp³-hybridized carbons (Fsp3) is 0.316. The number of benzene rings is 2. The van der Waals surface area contributed by atoms with E-state index in [0.717, 1.165) is 18.2 Å². The van der Waals surface area contributed by atoms with Gasteiger partial charge in [0.1, 0.15) is 5.75 Å². The topological polar surface area (TPSA) is 84.5 Å². The number of halogens is 4. The summed E-state index contributed by atoms with van der Waals surface area (Å²) in [6, 6.07) is 7.73. The highest BCUT2D eigenvalue weighted by molar-refractivity contribution is 7.89. The number of ether oxygens (including phenoxy) is 1. The van der Waals surface area contributed by atoms with E-state index in [1.165, 1.54) is 24.3 Å². The summed E-state index contributed by atoms with van der Waals surface area (Å²) in [5.74, 6) is -0.519. The first-order valence-electron chi connectivity index (χ1n) is 8.84. The van der Waals surface area contributed by atoms with Crippen LogP contribution in [0.2, 0.25) is 5.02 Å². The smallest absolute Gasteiger partial charge is 0.416 e. The molecule has 1 amide bonds. The second-order valence-electron chi connectivity index (χ2n) is 6.43. The van der Waals surface area contributed by atoms with Crippen LogP contribution in [0, 0.1) is 0 Å². The molecule has 0 saturated heterocycles. The van der Waals surface area contributed by atoms with Gasteiger partial charge in [0.05, 0.1) is 21.2 Å². The van der Waals surface area contributed by atoms with Crippen LogP contribution in [0.3, 0.4) is 0 Å². The highest BCUT2D eigenvalue weighted by Gasteiger charge is 2.31. The summed E-state index contributed by atoms with van der Waals surface area (Å²) in [5.41, 5.74) is -1.15. The van der Waals surface area contributed by atoms with Crippen LogP contribution < -0.4 is 14.8 Å².